The van der Waals surface area contributed by atoms with Gasteiger partial charge in [-0.25, -0.2) is 9.78 Å². The molecular weight excluding hydrogens is 461 g/mol. The second kappa shape index (κ2) is 9.42. The SMILES string of the molecule is CC1CN(c2ncc(C(=O)N(c3cccc(C(F)(F)F)c3)C3CCCC3)c(N)n2)C(=O)N1.Cl. The van der Waals surface area contributed by atoms with Gasteiger partial charge < -0.3 is 16.0 Å². The number of carbonyl (C=O) groups is 2. The number of hydrogen-bond acceptors (Lipinski definition) is 5. The first-order valence-corrected chi connectivity index (χ1v) is 10.4. The van der Waals surface area contributed by atoms with Crippen LogP contribution in [0.15, 0.2) is 30.5 Å². The van der Waals surface area contributed by atoms with Crippen molar-refractivity contribution in [3.63, 3.8) is 0 Å². The van der Waals surface area contributed by atoms with Gasteiger partial charge in [-0.1, -0.05) is 18.9 Å². The van der Waals surface area contributed by atoms with Gasteiger partial charge >= 0.3 is 12.2 Å². The molecule has 1 aliphatic heterocycles. The average molecular weight is 485 g/mol. The smallest absolute Gasteiger partial charge is 0.383 e. The van der Waals surface area contributed by atoms with Crippen LogP contribution in [0.25, 0.3) is 0 Å². The summed E-state index contributed by atoms with van der Waals surface area (Å²) in [6.45, 7) is 2.18. The second-order valence-corrected chi connectivity index (χ2v) is 8.09. The average Bonchev–Trinajstić information content (AvgIpc) is 3.37. The van der Waals surface area contributed by atoms with Crippen LogP contribution in [0.3, 0.4) is 0 Å². The molecule has 1 saturated heterocycles. The third-order valence-electron chi connectivity index (χ3n) is 5.71. The highest BCUT2D eigenvalue weighted by Crippen LogP contribution is 2.35. The molecule has 1 saturated carbocycles. The summed E-state index contributed by atoms with van der Waals surface area (Å²) >= 11 is 0. The number of rotatable bonds is 4. The minimum atomic E-state index is -4.53. The lowest BCUT2D eigenvalue weighted by Crippen LogP contribution is -2.40. The summed E-state index contributed by atoms with van der Waals surface area (Å²) < 4.78 is 39.8. The second-order valence-electron chi connectivity index (χ2n) is 8.09. The monoisotopic (exact) mass is 484 g/mol. The molecule has 2 aliphatic rings. The Morgan fingerprint density at radius 1 is 1.27 bits per heavy atom. The van der Waals surface area contributed by atoms with E-state index in [-0.39, 0.29) is 53.5 Å². The molecule has 0 bridgehead atoms. The number of halogens is 4. The molecule has 178 valence electrons. The van der Waals surface area contributed by atoms with Crippen LogP contribution in [-0.4, -0.2) is 40.5 Å². The Morgan fingerprint density at radius 3 is 2.55 bits per heavy atom. The number of alkyl halides is 3. The van der Waals surface area contributed by atoms with Crippen molar-refractivity contribution in [1.29, 1.82) is 0 Å². The van der Waals surface area contributed by atoms with Crippen molar-refractivity contribution >= 4 is 41.8 Å². The first-order chi connectivity index (χ1) is 15.1. The van der Waals surface area contributed by atoms with Crippen molar-refractivity contribution in [3.05, 3.63) is 41.6 Å². The molecule has 2 heterocycles. The molecule has 1 atom stereocenters. The van der Waals surface area contributed by atoms with Gasteiger partial charge in [0.05, 0.1) is 12.1 Å². The van der Waals surface area contributed by atoms with Gasteiger partial charge in [-0.15, -0.1) is 12.4 Å². The van der Waals surface area contributed by atoms with E-state index in [0.29, 0.717) is 19.4 Å². The Labute approximate surface area is 194 Å². The predicted octanol–water partition coefficient (Wildman–Crippen LogP) is 4.01. The fraction of sp³-hybridized carbons (Fsp3) is 0.429. The molecule has 12 heteroatoms. The van der Waals surface area contributed by atoms with Crippen LogP contribution < -0.4 is 20.9 Å². The maximum absolute atomic E-state index is 13.5. The third kappa shape index (κ3) is 4.97. The van der Waals surface area contributed by atoms with Gasteiger partial charge in [0.25, 0.3) is 5.91 Å². The molecule has 1 unspecified atom stereocenters. The summed E-state index contributed by atoms with van der Waals surface area (Å²) in [6.07, 6.45) is -0.204. The molecule has 1 aromatic carbocycles. The van der Waals surface area contributed by atoms with Gasteiger partial charge in [-0.2, -0.15) is 18.2 Å². The summed E-state index contributed by atoms with van der Waals surface area (Å²) in [7, 11) is 0. The van der Waals surface area contributed by atoms with Crippen molar-refractivity contribution in [2.45, 2.75) is 50.9 Å². The lowest BCUT2D eigenvalue weighted by molar-refractivity contribution is -0.137. The van der Waals surface area contributed by atoms with Crippen LogP contribution in [0.2, 0.25) is 0 Å². The first-order valence-electron chi connectivity index (χ1n) is 10.4. The van der Waals surface area contributed by atoms with Crippen molar-refractivity contribution in [1.82, 2.24) is 15.3 Å². The van der Waals surface area contributed by atoms with E-state index >= 15 is 0 Å². The summed E-state index contributed by atoms with van der Waals surface area (Å²) in [5.74, 6) is -0.644. The number of hydrogen-bond donors (Lipinski definition) is 2. The lowest BCUT2D eigenvalue weighted by Gasteiger charge is -2.30. The molecular formula is C21H24ClF3N6O2. The Kier molecular flexibility index (Phi) is 7.01. The molecule has 1 aliphatic carbocycles. The molecule has 2 fully saturated rings. The number of nitrogens with one attached hydrogen (secondary N) is 1. The number of aromatic nitrogens is 2. The minimum Gasteiger partial charge on any atom is -0.383 e. The summed E-state index contributed by atoms with van der Waals surface area (Å²) in [4.78, 5) is 36.4. The van der Waals surface area contributed by atoms with Crippen molar-refractivity contribution in [3.8, 4) is 0 Å². The summed E-state index contributed by atoms with van der Waals surface area (Å²) in [5.41, 5.74) is 5.34. The van der Waals surface area contributed by atoms with Crippen LogP contribution in [-0.2, 0) is 6.18 Å². The highest BCUT2D eigenvalue weighted by molar-refractivity contribution is 6.09. The molecule has 0 spiro atoms. The third-order valence-corrected chi connectivity index (χ3v) is 5.71. The van der Waals surface area contributed by atoms with Gasteiger partial charge in [0.1, 0.15) is 11.4 Å². The van der Waals surface area contributed by atoms with Crippen molar-refractivity contribution in [2.75, 3.05) is 22.1 Å². The number of nitrogens with two attached hydrogens (primary N) is 1. The maximum atomic E-state index is 13.5. The largest absolute Gasteiger partial charge is 0.416 e. The summed E-state index contributed by atoms with van der Waals surface area (Å²) in [5, 5.41) is 2.72. The van der Waals surface area contributed by atoms with Crippen LogP contribution in [0.1, 0.15) is 48.5 Å². The van der Waals surface area contributed by atoms with Crippen LogP contribution in [0.4, 0.5) is 35.4 Å². The number of nitrogens with zero attached hydrogens (tertiary/aromatic N) is 4. The number of amides is 3. The number of benzene rings is 1. The van der Waals surface area contributed by atoms with Gasteiger partial charge in [-0.05, 0) is 38.0 Å². The van der Waals surface area contributed by atoms with Crippen LogP contribution in [0, 0.1) is 0 Å². The van der Waals surface area contributed by atoms with Gasteiger partial charge in [0, 0.05) is 24.0 Å². The number of anilines is 3. The lowest BCUT2D eigenvalue weighted by atomic mass is 10.1. The van der Waals surface area contributed by atoms with Gasteiger partial charge in [0.2, 0.25) is 5.95 Å². The van der Waals surface area contributed by atoms with Gasteiger partial charge in [0.15, 0.2) is 0 Å². The maximum Gasteiger partial charge on any atom is 0.416 e. The molecule has 3 amide bonds. The first kappa shape index (κ1) is 24.6. The zero-order valence-corrected chi connectivity index (χ0v) is 18.6. The van der Waals surface area contributed by atoms with E-state index < -0.39 is 17.6 Å². The fourth-order valence-electron chi connectivity index (χ4n) is 4.16. The predicted molar refractivity (Wildman–Crippen MR) is 120 cm³/mol. The topological polar surface area (TPSA) is 104 Å². The van der Waals surface area contributed by atoms with Crippen LogP contribution in [0.5, 0.6) is 0 Å². The quantitative estimate of drug-likeness (QED) is 0.682. The van der Waals surface area contributed by atoms with Crippen molar-refractivity contribution in [2.24, 2.45) is 0 Å². The van der Waals surface area contributed by atoms with Crippen molar-refractivity contribution < 1.29 is 22.8 Å². The molecule has 8 nitrogen and oxygen atoms in total. The van der Waals surface area contributed by atoms with E-state index in [1.807, 2.05) is 6.92 Å². The Balaban J connectivity index is 0.00000306. The number of carbonyl (C=O) groups excluding carboxylic acids is 2. The molecule has 0 radical (unpaired) electrons. The summed E-state index contributed by atoms with van der Waals surface area (Å²) in [6, 6.07) is 3.98. The van der Waals surface area contributed by atoms with E-state index in [0.717, 1.165) is 25.0 Å². The molecule has 1 aromatic heterocycles. The zero-order valence-electron chi connectivity index (χ0n) is 17.8. The zero-order chi connectivity index (χ0) is 23.0. The Bertz CT molecular complexity index is 1040. The molecule has 33 heavy (non-hydrogen) atoms. The highest BCUT2D eigenvalue weighted by Gasteiger charge is 2.35. The van der Waals surface area contributed by atoms with E-state index in [2.05, 4.69) is 15.3 Å². The van der Waals surface area contributed by atoms with E-state index in [1.54, 1.807) is 0 Å². The Morgan fingerprint density at radius 2 is 1.97 bits per heavy atom. The molecule has 3 N–H and O–H groups in total. The fourth-order valence-corrected chi connectivity index (χ4v) is 4.16. The molecule has 4 rings (SSSR count). The number of nitrogen functional groups attached to an aromatic ring is 1. The van der Waals surface area contributed by atoms with E-state index in [9.17, 15) is 22.8 Å². The standard InChI is InChI=1S/C21H23F3N6O2.ClH/c1-12-11-29(20(32)27-12)19-26-10-16(17(25)28-19)18(31)30(14-6-2-3-7-14)15-8-4-5-13(9-15)21(22,23)24;/h4-5,8-10,12,14H,2-3,6-7,11H2,1H3,(H,27,32)(H2,25,26,28);1H. The Hall–Kier alpha value is -3.08. The minimum absolute atomic E-state index is 0. The highest BCUT2D eigenvalue weighted by atomic mass is 35.5. The molecule has 2 aromatic rings. The van der Waals surface area contributed by atoms with E-state index in [4.69, 9.17) is 5.73 Å². The number of urea groups is 1. The van der Waals surface area contributed by atoms with Gasteiger partial charge in [-0.3, -0.25) is 9.69 Å². The van der Waals surface area contributed by atoms with E-state index in [1.165, 1.54) is 28.1 Å². The normalized spacial score (nSPS) is 18.7. The van der Waals surface area contributed by atoms with Crippen LogP contribution >= 0.6 is 12.4 Å².